The summed E-state index contributed by atoms with van der Waals surface area (Å²) in [6.45, 7) is 1.30. The molecule has 1 aliphatic heterocycles. The van der Waals surface area contributed by atoms with Crippen molar-refractivity contribution < 1.29 is 9.53 Å². The quantitative estimate of drug-likeness (QED) is 0.604. The minimum Gasteiger partial charge on any atom is -0.381 e. The van der Waals surface area contributed by atoms with Crippen LogP contribution < -0.4 is 5.32 Å². The summed E-state index contributed by atoms with van der Waals surface area (Å²) in [5.41, 5.74) is 2.16. The van der Waals surface area contributed by atoms with Gasteiger partial charge in [-0.25, -0.2) is 4.98 Å². The summed E-state index contributed by atoms with van der Waals surface area (Å²) in [5, 5.41) is 9.37. The fraction of sp³-hybridized carbons (Fsp3) is 0.316. The van der Waals surface area contributed by atoms with Crippen LogP contribution in [0.15, 0.2) is 36.8 Å². The first-order valence-electron chi connectivity index (χ1n) is 8.58. The lowest BCUT2D eigenvalue weighted by Gasteiger charge is -2.21. The zero-order valence-electron chi connectivity index (χ0n) is 14.4. The molecule has 26 heavy (non-hydrogen) atoms. The van der Waals surface area contributed by atoms with E-state index in [1.807, 2.05) is 25.6 Å². The summed E-state index contributed by atoms with van der Waals surface area (Å²) in [6, 6.07) is 6.24. The summed E-state index contributed by atoms with van der Waals surface area (Å²) in [6.07, 6.45) is 7.18. The zero-order chi connectivity index (χ0) is 18.1. The maximum Gasteiger partial charge on any atom is 0.228 e. The van der Waals surface area contributed by atoms with Gasteiger partial charge in [-0.1, -0.05) is 12.1 Å². The first-order chi connectivity index (χ1) is 12.6. The topological polar surface area (TPSA) is 69.0 Å². The van der Waals surface area contributed by atoms with Crippen LogP contribution in [0.3, 0.4) is 0 Å². The van der Waals surface area contributed by atoms with E-state index in [1.54, 1.807) is 4.68 Å². The van der Waals surface area contributed by atoms with E-state index >= 15 is 0 Å². The van der Waals surface area contributed by atoms with Gasteiger partial charge in [-0.2, -0.15) is 5.10 Å². The Labute approximate surface area is 165 Å². The number of pyridine rings is 1. The molecule has 0 spiro atoms. The molecule has 0 atom stereocenters. The van der Waals surface area contributed by atoms with Gasteiger partial charge in [-0.3, -0.25) is 9.48 Å². The van der Waals surface area contributed by atoms with Crippen molar-refractivity contribution in [1.29, 1.82) is 0 Å². The van der Waals surface area contributed by atoms with Gasteiger partial charge in [0.2, 0.25) is 5.91 Å². The second kappa shape index (κ2) is 7.32. The van der Waals surface area contributed by atoms with Crippen molar-refractivity contribution in [3.63, 3.8) is 0 Å². The number of halogens is 1. The van der Waals surface area contributed by atoms with Gasteiger partial charge in [-0.15, -0.1) is 0 Å². The molecule has 1 N–H and O–H groups in total. The molecule has 1 aliphatic rings. The highest BCUT2D eigenvalue weighted by Gasteiger charge is 2.22. The summed E-state index contributed by atoms with van der Waals surface area (Å²) in [4.78, 5) is 17.0. The predicted octanol–water partition coefficient (Wildman–Crippen LogP) is 3.61. The standard InChI is InChI=1S/C19H19IN4O2/c1-24-11-15(10-22-24)13-2-3-14-9-21-18(17(20)16(14)8-13)23-19(25)12-4-6-26-7-5-12/h2-3,8-12H,4-7H2,1H3,(H,21,23,25). The maximum atomic E-state index is 12.5. The number of anilines is 1. The van der Waals surface area contributed by atoms with Gasteiger partial charge < -0.3 is 10.1 Å². The molecule has 0 unspecified atom stereocenters. The fourth-order valence-electron chi connectivity index (χ4n) is 3.19. The van der Waals surface area contributed by atoms with Crippen molar-refractivity contribution in [2.45, 2.75) is 12.8 Å². The minimum atomic E-state index is -0.00113. The molecule has 1 saturated heterocycles. The molecule has 0 aliphatic carbocycles. The normalized spacial score (nSPS) is 15.3. The number of carbonyl (C=O) groups is 1. The number of amides is 1. The van der Waals surface area contributed by atoms with E-state index in [9.17, 15) is 4.79 Å². The Hall–Kier alpha value is -2.00. The van der Waals surface area contributed by atoms with Crippen molar-refractivity contribution in [3.8, 4) is 11.1 Å². The SMILES string of the molecule is Cn1cc(-c2ccc3cnc(NC(=O)C4CCOCC4)c(I)c3c2)cn1. The van der Waals surface area contributed by atoms with Gasteiger partial charge in [0.15, 0.2) is 0 Å². The number of hydrogen-bond acceptors (Lipinski definition) is 4. The van der Waals surface area contributed by atoms with Crippen LogP contribution >= 0.6 is 22.6 Å². The predicted molar refractivity (Wildman–Crippen MR) is 109 cm³/mol. The maximum absolute atomic E-state index is 12.5. The third-order valence-corrected chi connectivity index (χ3v) is 5.79. The average Bonchev–Trinajstić information content (AvgIpc) is 3.11. The molecule has 4 rings (SSSR count). The Morgan fingerprint density at radius 3 is 2.81 bits per heavy atom. The van der Waals surface area contributed by atoms with E-state index in [2.05, 4.69) is 56.2 Å². The number of fused-ring (bicyclic) bond motifs is 1. The summed E-state index contributed by atoms with van der Waals surface area (Å²) in [7, 11) is 1.90. The zero-order valence-corrected chi connectivity index (χ0v) is 16.6. The Bertz CT molecular complexity index is 963. The number of carbonyl (C=O) groups excluding carboxylic acids is 1. The second-order valence-electron chi connectivity index (χ2n) is 6.50. The highest BCUT2D eigenvalue weighted by molar-refractivity contribution is 14.1. The van der Waals surface area contributed by atoms with Gasteiger partial charge in [0.1, 0.15) is 5.82 Å². The molecule has 0 saturated carbocycles. The van der Waals surface area contributed by atoms with Crippen LogP contribution in [-0.4, -0.2) is 33.9 Å². The van der Waals surface area contributed by atoms with Crippen LogP contribution in [0.2, 0.25) is 0 Å². The van der Waals surface area contributed by atoms with Gasteiger partial charge in [0, 0.05) is 54.9 Å². The molecule has 0 bridgehead atoms. The second-order valence-corrected chi connectivity index (χ2v) is 7.58. The molecule has 7 heteroatoms. The lowest BCUT2D eigenvalue weighted by molar-refractivity contribution is -0.122. The molecule has 1 aromatic carbocycles. The Kier molecular flexibility index (Phi) is 4.90. The number of aryl methyl sites for hydroxylation is 1. The fourth-order valence-corrected chi connectivity index (χ4v) is 3.93. The number of nitrogens with zero attached hydrogens (tertiary/aromatic N) is 3. The number of benzene rings is 1. The number of aromatic nitrogens is 3. The third kappa shape index (κ3) is 3.45. The molecular weight excluding hydrogens is 443 g/mol. The number of hydrogen-bond donors (Lipinski definition) is 1. The van der Waals surface area contributed by atoms with Gasteiger partial charge in [0.25, 0.3) is 0 Å². The molecule has 2 aromatic heterocycles. The largest absolute Gasteiger partial charge is 0.381 e. The molecule has 1 amide bonds. The first-order valence-corrected chi connectivity index (χ1v) is 9.65. The third-order valence-electron chi connectivity index (χ3n) is 4.70. The molecule has 3 aromatic rings. The molecule has 1 fully saturated rings. The molecule has 134 valence electrons. The van der Waals surface area contributed by atoms with Crippen LogP contribution in [0.25, 0.3) is 21.9 Å². The summed E-state index contributed by atoms with van der Waals surface area (Å²) in [5.74, 6) is 0.651. The number of rotatable bonds is 3. The van der Waals surface area contributed by atoms with Crippen LogP contribution in [0.4, 0.5) is 5.82 Å². The van der Waals surface area contributed by atoms with E-state index in [0.717, 1.165) is 38.3 Å². The summed E-state index contributed by atoms with van der Waals surface area (Å²) < 4.78 is 8.07. The summed E-state index contributed by atoms with van der Waals surface area (Å²) >= 11 is 2.26. The van der Waals surface area contributed by atoms with Gasteiger partial charge in [-0.05, 0) is 47.1 Å². The van der Waals surface area contributed by atoms with Crippen LogP contribution in [-0.2, 0) is 16.6 Å². The van der Waals surface area contributed by atoms with E-state index < -0.39 is 0 Å². The van der Waals surface area contributed by atoms with Crippen molar-refractivity contribution in [3.05, 3.63) is 40.4 Å². The number of nitrogens with one attached hydrogen (secondary N) is 1. The van der Waals surface area contributed by atoms with Crippen LogP contribution in [0, 0.1) is 9.49 Å². The smallest absolute Gasteiger partial charge is 0.228 e. The monoisotopic (exact) mass is 462 g/mol. The highest BCUT2D eigenvalue weighted by atomic mass is 127. The minimum absolute atomic E-state index is 0.00113. The van der Waals surface area contributed by atoms with Crippen molar-refractivity contribution in [2.75, 3.05) is 18.5 Å². The van der Waals surface area contributed by atoms with Crippen molar-refractivity contribution in [1.82, 2.24) is 14.8 Å². The Morgan fingerprint density at radius 2 is 2.08 bits per heavy atom. The lowest BCUT2D eigenvalue weighted by atomic mass is 9.99. The molecular formula is C19H19IN4O2. The van der Waals surface area contributed by atoms with E-state index in [-0.39, 0.29) is 11.8 Å². The van der Waals surface area contributed by atoms with Gasteiger partial charge in [0.05, 0.1) is 9.77 Å². The average molecular weight is 462 g/mol. The van der Waals surface area contributed by atoms with Crippen molar-refractivity contribution >= 4 is 45.1 Å². The highest BCUT2D eigenvalue weighted by Crippen LogP contribution is 2.30. The Balaban J connectivity index is 1.65. The van der Waals surface area contributed by atoms with Crippen LogP contribution in [0.5, 0.6) is 0 Å². The van der Waals surface area contributed by atoms with E-state index in [1.165, 1.54) is 0 Å². The van der Waals surface area contributed by atoms with Crippen molar-refractivity contribution in [2.24, 2.45) is 13.0 Å². The number of ether oxygens (including phenoxy) is 1. The van der Waals surface area contributed by atoms with Gasteiger partial charge >= 0.3 is 0 Å². The van der Waals surface area contributed by atoms with E-state index in [4.69, 9.17) is 4.74 Å². The molecule has 0 radical (unpaired) electrons. The van der Waals surface area contributed by atoms with Crippen LogP contribution in [0.1, 0.15) is 12.8 Å². The lowest BCUT2D eigenvalue weighted by Crippen LogP contribution is -2.29. The first kappa shape index (κ1) is 17.4. The molecule has 3 heterocycles. The molecule has 6 nitrogen and oxygen atoms in total. The van der Waals surface area contributed by atoms with E-state index in [0.29, 0.717) is 19.0 Å². The Morgan fingerprint density at radius 1 is 1.27 bits per heavy atom.